The molecule has 0 amide bonds. The van der Waals surface area contributed by atoms with Crippen LogP contribution >= 0.6 is 0 Å². The molecular weight excluding hydrogens is 264 g/mol. The number of unbranched alkanes of at least 4 members (excludes halogenated alkanes) is 10. The van der Waals surface area contributed by atoms with E-state index in [1.165, 1.54) is 64.2 Å². The molecule has 1 atom stereocenters. The Labute approximate surface area is 131 Å². The van der Waals surface area contributed by atoms with Gasteiger partial charge in [-0.05, 0) is 18.8 Å². The van der Waals surface area contributed by atoms with Crippen molar-refractivity contribution in [2.75, 3.05) is 19.8 Å². The molecule has 0 radical (unpaired) electrons. The van der Waals surface area contributed by atoms with Gasteiger partial charge >= 0.3 is 0 Å². The second kappa shape index (κ2) is 17.7. The lowest BCUT2D eigenvalue weighted by Crippen LogP contribution is -2.02. The lowest BCUT2D eigenvalue weighted by atomic mass is 10.00. The van der Waals surface area contributed by atoms with Gasteiger partial charge in [-0.15, -0.1) is 0 Å². The highest BCUT2D eigenvalue weighted by Gasteiger charge is 2.02. The lowest BCUT2D eigenvalue weighted by molar-refractivity contribution is 0.242. The second-order valence-corrected chi connectivity index (χ2v) is 5.95. The zero-order valence-corrected chi connectivity index (χ0v) is 13.7. The van der Waals surface area contributed by atoms with Gasteiger partial charge in [-0.3, -0.25) is 0 Å². The Balaban J connectivity index is 3.19. The SMILES string of the molecule is OCC=CC(CO)CCCCCCCCCCCCCO. The van der Waals surface area contributed by atoms with Crippen LogP contribution < -0.4 is 0 Å². The third kappa shape index (κ3) is 15.8. The van der Waals surface area contributed by atoms with Crippen LogP contribution in [0.2, 0.25) is 0 Å². The van der Waals surface area contributed by atoms with Crippen LogP contribution in [0.5, 0.6) is 0 Å². The smallest absolute Gasteiger partial charge is 0.0612 e. The van der Waals surface area contributed by atoms with E-state index in [9.17, 15) is 5.11 Å². The van der Waals surface area contributed by atoms with Gasteiger partial charge in [-0.25, -0.2) is 0 Å². The van der Waals surface area contributed by atoms with Gasteiger partial charge in [0.1, 0.15) is 0 Å². The van der Waals surface area contributed by atoms with E-state index in [-0.39, 0.29) is 19.1 Å². The van der Waals surface area contributed by atoms with Crippen LogP contribution in [0, 0.1) is 5.92 Å². The average molecular weight is 300 g/mol. The van der Waals surface area contributed by atoms with E-state index < -0.39 is 0 Å². The predicted molar refractivity (Wildman–Crippen MR) is 89.3 cm³/mol. The van der Waals surface area contributed by atoms with Gasteiger partial charge < -0.3 is 15.3 Å². The number of aliphatic hydroxyl groups is 3. The summed E-state index contributed by atoms with van der Waals surface area (Å²) in [6.07, 6.45) is 18.5. The first-order valence-corrected chi connectivity index (χ1v) is 8.84. The number of hydrogen-bond donors (Lipinski definition) is 3. The molecule has 0 aromatic rings. The molecule has 0 aliphatic carbocycles. The highest BCUT2D eigenvalue weighted by Crippen LogP contribution is 2.14. The van der Waals surface area contributed by atoms with Crippen LogP contribution in [-0.2, 0) is 0 Å². The summed E-state index contributed by atoms with van der Waals surface area (Å²) in [4.78, 5) is 0. The Kier molecular flexibility index (Phi) is 17.4. The fourth-order valence-electron chi connectivity index (χ4n) is 2.61. The van der Waals surface area contributed by atoms with E-state index in [4.69, 9.17) is 10.2 Å². The maximum absolute atomic E-state index is 9.18. The molecule has 0 saturated heterocycles. The predicted octanol–water partition coefficient (Wildman–Crippen LogP) is 3.82. The number of aliphatic hydroxyl groups excluding tert-OH is 3. The minimum Gasteiger partial charge on any atom is -0.396 e. The van der Waals surface area contributed by atoms with Crippen molar-refractivity contribution in [3.05, 3.63) is 12.2 Å². The topological polar surface area (TPSA) is 60.7 Å². The van der Waals surface area contributed by atoms with Gasteiger partial charge in [0.2, 0.25) is 0 Å². The lowest BCUT2D eigenvalue weighted by Gasteiger charge is -2.08. The van der Waals surface area contributed by atoms with Crippen molar-refractivity contribution in [1.29, 1.82) is 0 Å². The molecule has 0 rings (SSSR count). The molecule has 1 unspecified atom stereocenters. The van der Waals surface area contributed by atoms with Gasteiger partial charge in [-0.2, -0.15) is 0 Å². The van der Waals surface area contributed by atoms with Crippen molar-refractivity contribution in [2.24, 2.45) is 5.92 Å². The van der Waals surface area contributed by atoms with Crippen LogP contribution in [0.3, 0.4) is 0 Å². The fraction of sp³-hybridized carbons (Fsp3) is 0.889. The minimum absolute atomic E-state index is 0.0660. The molecule has 3 N–H and O–H groups in total. The summed E-state index contributed by atoms with van der Waals surface area (Å²) < 4.78 is 0. The summed E-state index contributed by atoms with van der Waals surface area (Å²) in [5.74, 6) is 0.219. The normalized spacial score (nSPS) is 13.1. The van der Waals surface area contributed by atoms with Crippen LogP contribution in [0.15, 0.2) is 12.2 Å². The van der Waals surface area contributed by atoms with Gasteiger partial charge in [0, 0.05) is 13.2 Å². The maximum atomic E-state index is 9.18. The Morgan fingerprint density at radius 2 is 1.10 bits per heavy atom. The first-order chi connectivity index (χ1) is 10.3. The minimum atomic E-state index is 0.0660. The summed E-state index contributed by atoms with van der Waals surface area (Å²) in [6.45, 7) is 0.593. The quantitative estimate of drug-likeness (QED) is 0.300. The molecule has 0 saturated carbocycles. The maximum Gasteiger partial charge on any atom is 0.0612 e. The highest BCUT2D eigenvalue weighted by molar-refractivity contribution is 4.87. The van der Waals surface area contributed by atoms with E-state index in [2.05, 4.69) is 0 Å². The highest BCUT2D eigenvalue weighted by atomic mass is 16.3. The van der Waals surface area contributed by atoms with Crippen molar-refractivity contribution < 1.29 is 15.3 Å². The largest absolute Gasteiger partial charge is 0.396 e. The van der Waals surface area contributed by atoms with E-state index in [0.29, 0.717) is 6.61 Å². The van der Waals surface area contributed by atoms with E-state index in [1.54, 1.807) is 6.08 Å². The summed E-state index contributed by atoms with van der Waals surface area (Å²) in [5.41, 5.74) is 0. The molecule has 0 bridgehead atoms. The summed E-state index contributed by atoms with van der Waals surface area (Å²) in [5, 5.41) is 26.6. The molecule has 3 heteroatoms. The number of hydrogen-bond acceptors (Lipinski definition) is 3. The third-order valence-corrected chi connectivity index (χ3v) is 3.98. The van der Waals surface area contributed by atoms with Crippen LogP contribution in [0.1, 0.15) is 77.0 Å². The average Bonchev–Trinajstić information content (AvgIpc) is 2.51. The van der Waals surface area contributed by atoms with Crippen LogP contribution in [0.4, 0.5) is 0 Å². The standard InChI is InChI=1S/C18H36O3/c19-15-11-9-7-5-3-1-2-4-6-8-10-13-18(17-21)14-12-16-20/h12,14,18-21H,1-11,13,15-17H2. The van der Waals surface area contributed by atoms with Gasteiger partial charge in [0.05, 0.1) is 6.61 Å². The monoisotopic (exact) mass is 300 g/mol. The number of rotatable bonds is 16. The molecule has 21 heavy (non-hydrogen) atoms. The van der Waals surface area contributed by atoms with Crippen LogP contribution in [-0.4, -0.2) is 35.1 Å². The molecule has 126 valence electrons. The zero-order chi connectivity index (χ0) is 15.6. The van der Waals surface area contributed by atoms with E-state index >= 15 is 0 Å². The Morgan fingerprint density at radius 3 is 1.52 bits per heavy atom. The molecule has 0 aromatic heterocycles. The van der Waals surface area contributed by atoms with Crippen molar-refractivity contribution in [3.8, 4) is 0 Å². The molecule has 0 aliphatic rings. The Hall–Kier alpha value is -0.380. The van der Waals surface area contributed by atoms with E-state index in [1.807, 2.05) is 6.08 Å². The fourth-order valence-corrected chi connectivity index (χ4v) is 2.61. The van der Waals surface area contributed by atoms with Gasteiger partial charge in [-0.1, -0.05) is 76.4 Å². The molecule has 0 heterocycles. The molecule has 0 fully saturated rings. The van der Waals surface area contributed by atoms with Crippen molar-refractivity contribution in [1.82, 2.24) is 0 Å². The Morgan fingerprint density at radius 1 is 0.619 bits per heavy atom. The van der Waals surface area contributed by atoms with Gasteiger partial charge in [0.15, 0.2) is 0 Å². The molecule has 3 nitrogen and oxygen atoms in total. The molecule has 0 aromatic carbocycles. The van der Waals surface area contributed by atoms with Crippen molar-refractivity contribution in [2.45, 2.75) is 77.0 Å². The second-order valence-electron chi connectivity index (χ2n) is 5.95. The summed E-state index contributed by atoms with van der Waals surface area (Å²) in [7, 11) is 0. The first-order valence-electron chi connectivity index (χ1n) is 8.84. The van der Waals surface area contributed by atoms with Crippen molar-refractivity contribution in [3.63, 3.8) is 0 Å². The van der Waals surface area contributed by atoms with E-state index in [0.717, 1.165) is 12.8 Å². The Bertz CT molecular complexity index is 217. The molecule has 0 aliphatic heterocycles. The van der Waals surface area contributed by atoms with Gasteiger partial charge in [0.25, 0.3) is 0 Å². The molecular formula is C18H36O3. The zero-order valence-electron chi connectivity index (χ0n) is 13.7. The summed E-state index contributed by atoms with van der Waals surface area (Å²) >= 11 is 0. The summed E-state index contributed by atoms with van der Waals surface area (Å²) in [6, 6.07) is 0. The first kappa shape index (κ1) is 20.6. The van der Waals surface area contributed by atoms with Crippen molar-refractivity contribution >= 4 is 0 Å². The molecule has 0 spiro atoms. The van der Waals surface area contributed by atoms with Crippen LogP contribution in [0.25, 0.3) is 0 Å². The third-order valence-electron chi connectivity index (χ3n) is 3.98.